The molecule has 1 N–H and O–H groups in total. The first-order valence-electron chi connectivity index (χ1n) is 9.30. The fraction of sp³-hybridized carbons (Fsp3) is 0.789. The molecular formula is C19H35N3O4. The second-order valence-electron chi connectivity index (χ2n) is 7.56. The maximum atomic E-state index is 12.7. The van der Waals surface area contributed by atoms with Gasteiger partial charge in [-0.2, -0.15) is 0 Å². The Morgan fingerprint density at radius 2 is 1.62 bits per heavy atom. The highest BCUT2D eigenvalue weighted by Crippen LogP contribution is 2.13. The molecule has 7 heteroatoms. The molecule has 0 bridgehead atoms. The second kappa shape index (κ2) is 11.6. The number of hydrogen-bond donors (Lipinski definition) is 1. The number of rotatable bonds is 11. The van der Waals surface area contributed by atoms with Crippen LogP contribution in [0.4, 0.5) is 0 Å². The quantitative estimate of drug-likeness (QED) is 0.559. The first-order valence-corrected chi connectivity index (χ1v) is 9.30. The summed E-state index contributed by atoms with van der Waals surface area (Å²) in [7, 11) is 3.15. The van der Waals surface area contributed by atoms with E-state index in [2.05, 4.69) is 5.32 Å². The van der Waals surface area contributed by atoms with Crippen LogP contribution in [0.2, 0.25) is 0 Å². The molecule has 2 atom stereocenters. The van der Waals surface area contributed by atoms with Crippen LogP contribution in [0.1, 0.15) is 53.9 Å². The first kappa shape index (κ1) is 24.1. The van der Waals surface area contributed by atoms with Crippen LogP contribution in [0, 0.1) is 11.8 Å². The van der Waals surface area contributed by atoms with Crippen molar-refractivity contribution in [3.05, 3.63) is 0 Å². The van der Waals surface area contributed by atoms with Gasteiger partial charge in [-0.1, -0.05) is 34.6 Å². The van der Waals surface area contributed by atoms with Gasteiger partial charge in [-0.3, -0.25) is 14.4 Å². The minimum absolute atomic E-state index is 0.0324. The van der Waals surface area contributed by atoms with E-state index < -0.39 is 12.1 Å². The summed E-state index contributed by atoms with van der Waals surface area (Å²) in [6.07, 6.45) is 2.30. The minimum atomic E-state index is -0.682. The summed E-state index contributed by atoms with van der Waals surface area (Å²) in [6.45, 7) is 9.46. The average molecular weight is 370 g/mol. The van der Waals surface area contributed by atoms with Gasteiger partial charge in [0.2, 0.25) is 17.7 Å². The molecule has 0 unspecified atom stereocenters. The molecule has 0 fully saturated rings. The molecule has 0 saturated carbocycles. The van der Waals surface area contributed by atoms with Gasteiger partial charge in [0, 0.05) is 20.5 Å². The predicted molar refractivity (Wildman–Crippen MR) is 101 cm³/mol. The molecule has 7 nitrogen and oxygen atoms in total. The van der Waals surface area contributed by atoms with Crippen LogP contribution in [0.5, 0.6) is 0 Å². The molecule has 0 aromatic heterocycles. The maximum Gasteiger partial charge on any atom is 0.243 e. The number of nitrogens with one attached hydrogen (secondary N) is 1. The van der Waals surface area contributed by atoms with E-state index in [1.807, 2.05) is 34.6 Å². The number of carbonyl (C=O) groups excluding carboxylic acids is 4. The van der Waals surface area contributed by atoms with Gasteiger partial charge in [-0.25, -0.2) is 0 Å². The highest BCUT2D eigenvalue weighted by Gasteiger charge is 2.30. The standard InChI is InChI=1S/C19H35N3O4/c1-8-9-17(24)21(6)11-18(25)22(7)16(10-13(2)3)19(26)20-15(12-23)14(4)5/h12-16H,8-11H2,1-7H3,(H,20,26)/t15-,16+/m1/s1. The summed E-state index contributed by atoms with van der Waals surface area (Å²) >= 11 is 0. The molecule has 0 radical (unpaired) electrons. The van der Waals surface area contributed by atoms with Crippen molar-refractivity contribution in [3.8, 4) is 0 Å². The zero-order valence-electron chi connectivity index (χ0n) is 17.2. The number of hydrogen-bond acceptors (Lipinski definition) is 4. The van der Waals surface area contributed by atoms with E-state index in [0.29, 0.717) is 25.5 Å². The fourth-order valence-corrected chi connectivity index (χ4v) is 2.49. The minimum Gasteiger partial charge on any atom is -0.345 e. The fourth-order valence-electron chi connectivity index (χ4n) is 2.49. The third-order valence-electron chi connectivity index (χ3n) is 4.29. The Kier molecular flexibility index (Phi) is 10.8. The SMILES string of the molecule is CCCC(=O)N(C)CC(=O)N(C)[C@@H](CC(C)C)C(=O)N[C@H](C=O)C(C)C. The van der Waals surface area contributed by atoms with Crippen LogP contribution in [0.15, 0.2) is 0 Å². The lowest BCUT2D eigenvalue weighted by Gasteiger charge is -2.31. The molecule has 0 aliphatic carbocycles. The van der Waals surface area contributed by atoms with Crippen molar-refractivity contribution in [1.82, 2.24) is 15.1 Å². The Balaban J connectivity index is 5.14. The summed E-state index contributed by atoms with van der Waals surface area (Å²) < 4.78 is 0. The Bertz CT molecular complexity index is 491. The van der Waals surface area contributed by atoms with Crippen LogP contribution >= 0.6 is 0 Å². The van der Waals surface area contributed by atoms with E-state index in [1.54, 1.807) is 14.1 Å². The summed E-state index contributed by atoms with van der Waals surface area (Å²) in [5, 5.41) is 2.72. The zero-order chi connectivity index (χ0) is 20.4. The molecule has 3 amide bonds. The highest BCUT2D eigenvalue weighted by atomic mass is 16.2. The topological polar surface area (TPSA) is 86.8 Å². The zero-order valence-corrected chi connectivity index (χ0v) is 17.2. The van der Waals surface area contributed by atoms with Gasteiger partial charge in [0.1, 0.15) is 12.3 Å². The molecular weight excluding hydrogens is 334 g/mol. The normalized spacial score (nSPS) is 13.3. The van der Waals surface area contributed by atoms with Crippen molar-refractivity contribution < 1.29 is 19.2 Å². The number of nitrogens with zero attached hydrogens (tertiary/aromatic N) is 2. The summed E-state index contributed by atoms with van der Waals surface area (Å²) in [5.74, 6) is -0.586. The van der Waals surface area contributed by atoms with Gasteiger partial charge in [-0.15, -0.1) is 0 Å². The Morgan fingerprint density at radius 1 is 1.04 bits per heavy atom. The van der Waals surface area contributed by atoms with E-state index in [9.17, 15) is 19.2 Å². The highest BCUT2D eigenvalue weighted by molar-refractivity contribution is 5.91. The van der Waals surface area contributed by atoms with Crippen molar-refractivity contribution >= 4 is 24.0 Å². The van der Waals surface area contributed by atoms with Crippen molar-refractivity contribution in [1.29, 1.82) is 0 Å². The number of aldehydes is 1. The van der Waals surface area contributed by atoms with Crippen LogP contribution in [-0.2, 0) is 19.2 Å². The number of amides is 3. The Morgan fingerprint density at radius 3 is 2.04 bits per heavy atom. The molecule has 0 aliphatic rings. The average Bonchev–Trinajstić information content (AvgIpc) is 2.56. The molecule has 150 valence electrons. The lowest BCUT2D eigenvalue weighted by atomic mass is 10.00. The van der Waals surface area contributed by atoms with Gasteiger partial charge < -0.3 is 19.9 Å². The first-order chi connectivity index (χ1) is 12.0. The molecule has 0 saturated heterocycles. The largest absolute Gasteiger partial charge is 0.345 e. The third-order valence-corrected chi connectivity index (χ3v) is 4.29. The van der Waals surface area contributed by atoms with Gasteiger partial charge in [0.15, 0.2) is 0 Å². The lowest BCUT2D eigenvalue weighted by Crippen LogP contribution is -2.53. The van der Waals surface area contributed by atoms with Crippen molar-refractivity contribution in [2.45, 2.75) is 66.0 Å². The molecule has 26 heavy (non-hydrogen) atoms. The summed E-state index contributed by atoms with van der Waals surface area (Å²) in [5.41, 5.74) is 0. The van der Waals surface area contributed by atoms with Crippen LogP contribution in [-0.4, -0.2) is 66.5 Å². The van der Waals surface area contributed by atoms with Gasteiger partial charge >= 0.3 is 0 Å². The molecule has 0 rings (SSSR count). The van der Waals surface area contributed by atoms with Crippen LogP contribution in [0.25, 0.3) is 0 Å². The lowest BCUT2D eigenvalue weighted by molar-refractivity contribution is -0.143. The Hall–Kier alpha value is -1.92. The van der Waals surface area contributed by atoms with Crippen molar-refractivity contribution in [2.24, 2.45) is 11.8 Å². The van der Waals surface area contributed by atoms with E-state index in [4.69, 9.17) is 0 Å². The predicted octanol–water partition coefficient (Wildman–Crippen LogP) is 1.46. The second-order valence-corrected chi connectivity index (χ2v) is 7.56. The number of carbonyl (C=O) groups is 4. The maximum absolute atomic E-state index is 12.7. The van der Waals surface area contributed by atoms with Gasteiger partial charge in [0.05, 0.1) is 12.6 Å². The summed E-state index contributed by atoms with van der Waals surface area (Å²) in [6, 6.07) is -1.27. The molecule has 0 aromatic rings. The van der Waals surface area contributed by atoms with E-state index >= 15 is 0 Å². The molecule has 0 aliphatic heterocycles. The molecule has 0 heterocycles. The van der Waals surface area contributed by atoms with Gasteiger partial charge in [0.25, 0.3) is 0 Å². The third kappa shape index (κ3) is 7.97. The van der Waals surface area contributed by atoms with Crippen LogP contribution < -0.4 is 5.32 Å². The van der Waals surface area contributed by atoms with Crippen molar-refractivity contribution in [2.75, 3.05) is 20.6 Å². The van der Waals surface area contributed by atoms with Crippen molar-refractivity contribution in [3.63, 3.8) is 0 Å². The van der Waals surface area contributed by atoms with Gasteiger partial charge in [-0.05, 0) is 24.7 Å². The Labute approximate surface area is 157 Å². The smallest absolute Gasteiger partial charge is 0.243 e. The molecule has 0 aromatic carbocycles. The summed E-state index contributed by atoms with van der Waals surface area (Å²) in [4.78, 5) is 51.1. The van der Waals surface area contributed by atoms with E-state index in [1.165, 1.54) is 9.80 Å². The molecule has 0 spiro atoms. The van der Waals surface area contributed by atoms with Crippen LogP contribution in [0.3, 0.4) is 0 Å². The number of likely N-dealkylation sites (N-methyl/N-ethyl adjacent to an activating group) is 2. The van der Waals surface area contributed by atoms with E-state index in [0.717, 1.165) is 0 Å². The van der Waals surface area contributed by atoms with E-state index in [-0.39, 0.29) is 36.1 Å². The monoisotopic (exact) mass is 369 g/mol.